The Bertz CT molecular complexity index is 1490. The smallest absolute Gasteiger partial charge is 0.421 e. The second-order valence-corrected chi connectivity index (χ2v) is 10.4. The van der Waals surface area contributed by atoms with Gasteiger partial charge >= 0.3 is 12.1 Å². The van der Waals surface area contributed by atoms with Gasteiger partial charge in [0, 0.05) is 31.2 Å². The quantitative estimate of drug-likeness (QED) is 0.390. The molecular weight excluding hydrogens is 553 g/mol. The predicted octanol–water partition coefficient (Wildman–Crippen LogP) is 4.92. The molecule has 1 spiro atoms. The highest BCUT2D eigenvalue weighted by atomic mass is 19.4. The van der Waals surface area contributed by atoms with Gasteiger partial charge in [-0.05, 0) is 55.7 Å². The number of methoxy groups -OCH3 is 1. The van der Waals surface area contributed by atoms with Crippen molar-refractivity contribution in [1.29, 1.82) is 0 Å². The Morgan fingerprint density at radius 2 is 1.86 bits per heavy atom. The second kappa shape index (κ2) is 11.5. The summed E-state index contributed by atoms with van der Waals surface area (Å²) in [5.74, 6) is -1.59. The van der Waals surface area contributed by atoms with Crippen molar-refractivity contribution in [1.82, 2.24) is 14.9 Å². The first-order chi connectivity index (χ1) is 20.1. The van der Waals surface area contributed by atoms with Crippen LogP contribution in [0.3, 0.4) is 0 Å². The van der Waals surface area contributed by atoms with Crippen molar-refractivity contribution in [3.05, 3.63) is 65.5 Å². The summed E-state index contributed by atoms with van der Waals surface area (Å²) >= 11 is 0. The lowest BCUT2D eigenvalue weighted by atomic mass is 9.69. The molecule has 222 valence electrons. The van der Waals surface area contributed by atoms with Crippen LogP contribution in [-0.4, -0.2) is 65.2 Å². The Kier molecular flexibility index (Phi) is 7.98. The van der Waals surface area contributed by atoms with Gasteiger partial charge in [-0.3, -0.25) is 14.6 Å². The molecule has 42 heavy (non-hydrogen) atoms. The summed E-state index contributed by atoms with van der Waals surface area (Å²) in [6.07, 6.45) is -2.78. The van der Waals surface area contributed by atoms with Gasteiger partial charge in [-0.25, -0.2) is 4.98 Å². The van der Waals surface area contributed by atoms with Gasteiger partial charge in [0.15, 0.2) is 0 Å². The number of fused-ring (bicyclic) bond motifs is 2. The van der Waals surface area contributed by atoms with Gasteiger partial charge in [0.1, 0.15) is 17.7 Å². The van der Waals surface area contributed by atoms with E-state index in [9.17, 15) is 27.9 Å². The van der Waals surface area contributed by atoms with Crippen LogP contribution < -0.4 is 14.4 Å². The molecule has 2 aliphatic rings. The number of rotatable bonds is 7. The zero-order valence-electron chi connectivity index (χ0n) is 23.3. The third-order valence-corrected chi connectivity index (χ3v) is 7.93. The number of carboxylic acid groups (broad SMARTS) is 1. The number of pyridine rings is 2. The average Bonchev–Trinajstić information content (AvgIpc) is 2.96. The maximum atomic E-state index is 14.1. The van der Waals surface area contributed by atoms with Crippen LogP contribution in [0.1, 0.15) is 43.0 Å². The number of benzene rings is 1. The number of aliphatic carboxylic acids is 1. The van der Waals surface area contributed by atoms with E-state index in [1.54, 1.807) is 17.2 Å². The van der Waals surface area contributed by atoms with Crippen molar-refractivity contribution in [2.45, 2.75) is 44.3 Å². The summed E-state index contributed by atoms with van der Waals surface area (Å²) < 4.78 is 52.9. The number of hydrogen-bond donors (Lipinski definition) is 1. The van der Waals surface area contributed by atoms with Crippen molar-refractivity contribution >= 4 is 17.6 Å². The molecule has 4 heterocycles. The Hall–Kier alpha value is -4.35. The molecule has 0 radical (unpaired) electrons. The molecule has 1 N–H and O–H groups in total. The van der Waals surface area contributed by atoms with Crippen molar-refractivity contribution in [2.75, 3.05) is 38.3 Å². The molecule has 2 aromatic heterocycles. The minimum Gasteiger partial charge on any atom is -0.496 e. The van der Waals surface area contributed by atoms with Crippen LogP contribution in [0.4, 0.5) is 18.9 Å². The van der Waals surface area contributed by atoms with Crippen LogP contribution in [0.15, 0.2) is 48.7 Å². The van der Waals surface area contributed by atoms with Crippen molar-refractivity contribution in [2.24, 2.45) is 0 Å². The maximum absolute atomic E-state index is 14.1. The standard InChI is InChI=1S/C30H31F3N4O5/c1-3-42-28-19(6-5-13-34-28)21-10-9-20-22(35-21)17-37(25(38)16-26(39)40)18-29(20)11-14-36(15-12-29)23-7-4-8-24(41-2)27(23)30(31,32)33/h4-10,13H,3,11-12,14-18H2,1-2H3,(H,39,40). The Labute approximate surface area is 240 Å². The fraction of sp³-hybridized carbons (Fsp3) is 0.400. The summed E-state index contributed by atoms with van der Waals surface area (Å²) in [4.78, 5) is 36.8. The number of ether oxygens (including phenoxy) is 2. The van der Waals surface area contributed by atoms with Crippen molar-refractivity contribution in [3.8, 4) is 22.9 Å². The lowest BCUT2D eigenvalue weighted by Gasteiger charge is -2.49. The number of anilines is 1. The second-order valence-electron chi connectivity index (χ2n) is 10.4. The van der Waals surface area contributed by atoms with E-state index in [2.05, 4.69) is 4.98 Å². The minimum atomic E-state index is -4.61. The van der Waals surface area contributed by atoms with E-state index in [0.717, 1.165) is 5.56 Å². The number of amides is 1. The summed E-state index contributed by atoms with van der Waals surface area (Å²) in [5.41, 5.74) is 1.41. The van der Waals surface area contributed by atoms with Crippen molar-refractivity contribution < 1.29 is 37.3 Å². The Balaban J connectivity index is 1.51. The van der Waals surface area contributed by atoms with Gasteiger partial charge < -0.3 is 24.4 Å². The van der Waals surface area contributed by atoms with E-state index in [0.29, 0.717) is 42.3 Å². The first kappa shape index (κ1) is 29.2. The number of carbonyl (C=O) groups is 2. The largest absolute Gasteiger partial charge is 0.496 e. The Morgan fingerprint density at radius 3 is 2.52 bits per heavy atom. The van der Waals surface area contributed by atoms with E-state index in [-0.39, 0.29) is 37.6 Å². The average molecular weight is 585 g/mol. The zero-order chi connectivity index (χ0) is 30.1. The molecule has 1 amide bonds. The fourth-order valence-corrected chi connectivity index (χ4v) is 6.04. The third kappa shape index (κ3) is 5.57. The van der Waals surface area contributed by atoms with Crippen LogP contribution in [0.5, 0.6) is 11.6 Å². The van der Waals surface area contributed by atoms with Crippen LogP contribution in [0.25, 0.3) is 11.3 Å². The molecule has 1 saturated heterocycles. The van der Waals surface area contributed by atoms with Gasteiger partial charge in [-0.15, -0.1) is 0 Å². The highest BCUT2D eigenvalue weighted by Gasteiger charge is 2.46. The topological polar surface area (TPSA) is 105 Å². The fourth-order valence-electron chi connectivity index (χ4n) is 6.04. The highest BCUT2D eigenvalue weighted by molar-refractivity contribution is 5.93. The Morgan fingerprint density at radius 1 is 1.10 bits per heavy atom. The molecule has 0 unspecified atom stereocenters. The van der Waals surface area contributed by atoms with Gasteiger partial charge in [-0.1, -0.05) is 12.1 Å². The number of nitrogens with zero attached hydrogens (tertiary/aromatic N) is 4. The molecule has 0 bridgehead atoms. The van der Waals surface area contributed by atoms with E-state index in [1.807, 2.05) is 25.1 Å². The third-order valence-electron chi connectivity index (χ3n) is 7.93. The highest BCUT2D eigenvalue weighted by Crippen LogP contribution is 2.47. The first-order valence-corrected chi connectivity index (χ1v) is 13.6. The summed E-state index contributed by atoms with van der Waals surface area (Å²) in [7, 11) is 1.21. The number of piperidine rings is 1. The number of carboxylic acids is 1. The van der Waals surface area contributed by atoms with Crippen LogP contribution in [0, 0.1) is 0 Å². The number of aromatic nitrogens is 2. The van der Waals surface area contributed by atoms with Crippen molar-refractivity contribution in [3.63, 3.8) is 0 Å². The molecule has 9 nitrogen and oxygen atoms in total. The predicted molar refractivity (Wildman–Crippen MR) is 147 cm³/mol. The van der Waals surface area contributed by atoms with Crippen LogP contribution in [-0.2, 0) is 27.7 Å². The minimum absolute atomic E-state index is 0.0417. The lowest BCUT2D eigenvalue weighted by Crippen LogP contribution is -2.54. The number of hydrogen-bond acceptors (Lipinski definition) is 7. The van der Waals surface area contributed by atoms with E-state index in [4.69, 9.17) is 14.5 Å². The molecule has 1 fully saturated rings. The van der Waals surface area contributed by atoms with E-state index in [1.165, 1.54) is 30.2 Å². The number of alkyl halides is 3. The first-order valence-electron chi connectivity index (χ1n) is 13.6. The normalized spacial score (nSPS) is 16.2. The lowest BCUT2D eigenvalue weighted by molar-refractivity contribution is -0.145. The van der Waals surface area contributed by atoms with Crippen LogP contribution in [0.2, 0.25) is 0 Å². The SMILES string of the molecule is CCOc1ncccc1-c1ccc2c(n1)CN(C(=O)CC(=O)O)CC21CCN(c2cccc(OC)c2C(F)(F)F)CC1. The molecule has 0 saturated carbocycles. The van der Waals surface area contributed by atoms with Gasteiger partial charge in [0.2, 0.25) is 11.8 Å². The molecule has 0 atom stereocenters. The van der Waals surface area contributed by atoms with Gasteiger partial charge in [0.05, 0.1) is 42.9 Å². The molecular formula is C30H31F3N4O5. The molecule has 5 rings (SSSR count). The van der Waals surface area contributed by atoms with Gasteiger partial charge in [0.25, 0.3) is 0 Å². The maximum Gasteiger partial charge on any atom is 0.421 e. The molecule has 0 aliphatic carbocycles. The van der Waals surface area contributed by atoms with Crippen LogP contribution >= 0.6 is 0 Å². The number of halogens is 3. The monoisotopic (exact) mass is 584 g/mol. The summed E-state index contributed by atoms with van der Waals surface area (Å²) in [6.45, 7) is 3.21. The molecule has 2 aliphatic heterocycles. The van der Waals surface area contributed by atoms with Gasteiger partial charge in [-0.2, -0.15) is 13.2 Å². The van der Waals surface area contributed by atoms with E-state index >= 15 is 0 Å². The molecule has 12 heteroatoms. The summed E-state index contributed by atoms with van der Waals surface area (Å²) in [6, 6.07) is 11.7. The zero-order valence-corrected chi connectivity index (χ0v) is 23.3. The molecule has 1 aromatic carbocycles. The number of carbonyl (C=O) groups excluding carboxylic acids is 1. The molecule has 3 aromatic rings. The summed E-state index contributed by atoms with van der Waals surface area (Å²) in [5, 5.41) is 9.29. The van der Waals surface area contributed by atoms with E-state index < -0.39 is 35.5 Å².